The summed E-state index contributed by atoms with van der Waals surface area (Å²) in [6, 6.07) is 0. The summed E-state index contributed by atoms with van der Waals surface area (Å²) >= 11 is 0. The van der Waals surface area contributed by atoms with Crippen molar-refractivity contribution in [3.8, 4) is 0 Å². The molecule has 17 heavy (non-hydrogen) atoms. The maximum Gasteiger partial charge on any atom is 0.333 e. The number of aromatic nitrogens is 2. The van der Waals surface area contributed by atoms with E-state index in [1.165, 1.54) is 31.8 Å². The first-order chi connectivity index (χ1) is 7.67. The lowest BCUT2D eigenvalue weighted by atomic mass is 9.79. The van der Waals surface area contributed by atoms with E-state index in [9.17, 15) is 18.7 Å². The number of hydrogen-bond donors (Lipinski definition) is 2. The molecule has 0 aliphatic heterocycles. The van der Waals surface area contributed by atoms with Crippen LogP contribution < -0.4 is 0 Å². The molecule has 0 aliphatic rings. The van der Waals surface area contributed by atoms with E-state index in [1.807, 2.05) is 0 Å². The fourth-order valence-corrected chi connectivity index (χ4v) is 1.62. The summed E-state index contributed by atoms with van der Waals surface area (Å²) in [5.41, 5.74) is -1.81. The molecule has 0 fully saturated rings. The van der Waals surface area contributed by atoms with Gasteiger partial charge in [0.2, 0.25) is 0 Å². The van der Waals surface area contributed by atoms with E-state index < -0.39 is 29.6 Å². The fraction of sp³-hybridized carbons (Fsp3) is 0.600. The summed E-state index contributed by atoms with van der Waals surface area (Å²) in [6.07, 6.45) is -3.29. The Bertz CT molecular complexity index is 429. The van der Waals surface area contributed by atoms with Gasteiger partial charge in [-0.25, -0.2) is 13.6 Å². The van der Waals surface area contributed by atoms with Crippen LogP contribution >= 0.6 is 0 Å². The van der Waals surface area contributed by atoms with Gasteiger partial charge in [-0.05, 0) is 0 Å². The van der Waals surface area contributed by atoms with E-state index in [4.69, 9.17) is 5.11 Å². The van der Waals surface area contributed by atoms with Crippen LogP contribution in [0.5, 0.6) is 0 Å². The predicted octanol–water partition coefficient (Wildman–Crippen LogP) is 1.08. The zero-order valence-corrected chi connectivity index (χ0v) is 9.69. The molecule has 5 nitrogen and oxygen atoms in total. The number of aliphatic hydroxyl groups excluding tert-OH is 1. The number of aliphatic carboxylic acids is 1. The Morgan fingerprint density at radius 2 is 2.06 bits per heavy atom. The Labute approximate surface area is 96.7 Å². The SMILES string of the molecule is Cn1cc(C(C)(C)C(O)C(=O)O)c(C(F)F)n1. The van der Waals surface area contributed by atoms with Crippen LogP contribution in [0.3, 0.4) is 0 Å². The summed E-state index contributed by atoms with van der Waals surface area (Å²) in [6.45, 7) is 2.77. The lowest BCUT2D eigenvalue weighted by Crippen LogP contribution is -2.40. The number of aliphatic hydroxyl groups is 1. The minimum Gasteiger partial charge on any atom is -0.479 e. The lowest BCUT2D eigenvalue weighted by Gasteiger charge is -2.27. The highest BCUT2D eigenvalue weighted by Gasteiger charge is 2.39. The second-order valence-electron chi connectivity index (χ2n) is 4.36. The molecule has 1 atom stereocenters. The van der Waals surface area contributed by atoms with Crippen molar-refractivity contribution in [2.24, 2.45) is 7.05 Å². The van der Waals surface area contributed by atoms with Crippen molar-refractivity contribution in [3.63, 3.8) is 0 Å². The van der Waals surface area contributed by atoms with Gasteiger partial charge in [0.1, 0.15) is 5.69 Å². The number of carboxylic acids is 1. The molecule has 2 N–H and O–H groups in total. The van der Waals surface area contributed by atoms with E-state index in [0.717, 1.165) is 0 Å². The van der Waals surface area contributed by atoms with Gasteiger partial charge in [0, 0.05) is 24.2 Å². The van der Waals surface area contributed by atoms with Gasteiger partial charge in [-0.2, -0.15) is 5.10 Å². The van der Waals surface area contributed by atoms with Crippen molar-refractivity contribution >= 4 is 5.97 Å². The van der Waals surface area contributed by atoms with Crippen LogP contribution in [0.25, 0.3) is 0 Å². The lowest BCUT2D eigenvalue weighted by molar-refractivity contribution is -0.150. The highest BCUT2D eigenvalue weighted by Crippen LogP contribution is 2.34. The molecule has 0 bridgehead atoms. The van der Waals surface area contributed by atoms with Crippen LogP contribution in [-0.4, -0.2) is 32.1 Å². The average Bonchev–Trinajstić information content (AvgIpc) is 2.59. The monoisotopic (exact) mass is 248 g/mol. The normalized spacial score (nSPS) is 14.1. The van der Waals surface area contributed by atoms with Crippen molar-refractivity contribution in [1.82, 2.24) is 9.78 Å². The molecule has 7 heteroatoms. The molecule has 0 radical (unpaired) electrons. The van der Waals surface area contributed by atoms with Gasteiger partial charge < -0.3 is 10.2 Å². The summed E-state index contributed by atoms with van der Waals surface area (Å²) in [7, 11) is 1.46. The third-order valence-electron chi connectivity index (χ3n) is 2.68. The number of nitrogens with zero attached hydrogens (tertiary/aromatic N) is 2. The van der Waals surface area contributed by atoms with Gasteiger partial charge in [0.25, 0.3) is 6.43 Å². The number of carboxylic acid groups (broad SMARTS) is 1. The molecule has 1 aromatic rings. The molecular weight excluding hydrogens is 234 g/mol. The minimum absolute atomic E-state index is 0.0323. The van der Waals surface area contributed by atoms with Crippen LogP contribution in [0.1, 0.15) is 31.5 Å². The summed E-state index contributed by atoms with van der Waals surface area (Å²) in [5, 5.41) is 21.9. The predicted molar refractivity (Wildman–Crippen MR) is 54.8 cm³/mol. The number of halogens is 2. The van der Waals surface area contributed by atoms with Crippen molar-refractivity contribution in [3.05, 3.63) is 17.5 Å². The van der Waals surface area contributed by atoms with Crippen LogP contribution in [0, 0.1) is 0 Å². The van der Waals surface area contributed by atoms with Gasteiger partial charge in [0.05, 0.1) is 0 Å². The molecule has 1 unspecified atom stereocenters. The first-order valence-corrected chi connectivity index (χ1v) is 4.91. The van der Waals surface area contributed by atoms with Crippen LogP contribution in [0.4, 0.5) is 8.78 Å². The smallest absolute Gasteiger partial charge is 0.333 e. The average molecular weight is 248 g/mol. The van der Waals surface area contributed by atoms with Crippen molar-refractivity contribution in [2.75, 3.05) is 0 Å². The number of carbonyl (C=O) groups is 1. The van der Waals surface area contributed by atoms with Crippen molar-refractivity contribution < 1.29 is 23.8 Å². The van der Waals surface area contributed by atoms with E-state index in [2.05, 4.69) is 5.10 Å². The van der Waals surface area contributed by atoms with Gasteiger partial charge >= 0.3 is 5.97 Å². The first-order valence-electron chi connectivity index (χ1n) is 4.91. The Hall–Kier alpha value is -1.50. The Morgan fingerprint density at radius 1 is 1.53 bits per heavy atom. The molecule has 0 saturated carbocycles. The van der Waals surface area contributed by atoms with Gasteiger partial charge in [0.15, 0.2) is 6.10 Å². The van der Waals surface area contributed by atoms with Gasteiger partial charge in [-0.3, -0.25) is 4.68 Å². The topological polar surface area (TPSA) is 75.4 Å². The standard InChI is InChI=1S/C10H14F2N2O3/c1-10(2,7(15)9(16)17)5-4-14(3)13-6(5)8(11)12/h4,7-8,15H,1-3H3,(H,16,17). The summed E-state index contributed by atoms with van der Waals surface area (Å²) in [4.78, 5) is 10.7. The molecule has 0 amide bonds. The molecule has 1 heterocycles. The summed E-state index contributed by atoms with van der Waals surface area (Å²) < 4.78 is 26.6. The molecule has 0 aromatic carbocycles. The summed E-state index contributed by atoms with van der Waals surface area (Å²) in [5.74, 6) is -1.46. The highest BCUT2D eigenvalue weighted by atomic mass is 19.3. The fourth-order valence-electron chi connectivity index (χ4n) is 1.62. The Morgan fingerprint density at radius 3 is 2.47 bits per heavy atom. The zero-order valence-electron chi connectivity index (χ0n) is 9.69. The largest absolute Gasteiger partial charge is 0.479 e. The second kappa shape index (κ2) is 4.40. The second-order valence-corrected chi connectivity index (χ2v) is 4.36. The van der Waals surface area contributed by atoms with E-state index in [0.29, 0.717) is 0 Å². The van der Waals surface area contributed by atoms with Crippen molar-refractivity contribution in [1.29, 1.82) is 0 Å². The van der Waals surface area contributed by atoms with Crippen LogP contribution in [0.2, 0.25) is 0 Å². The first kappa shape index (κ1) is 13.6. The van der Waals surface area contributed by atoms with E-state index >= 15 is 0 Å². The molecule has 0 spiro atoms. The number of aryl methyl sites for hydroxylation is 1. The third-order valence-corrected chi connectivity index (χ3v) is 2.68. The quantitative estimate of drug-likeness (QED) is 0.836. The molecule has 0 saturated heterocycles. The number of hydrogen-bond acceptors (Lipinski definition) is 3. The number of rotatable bonds is 4. The molecular formula is C10H14F2N2O3. The maximum atomic E-state index is 12.7. The van der Waals surface area contributed by atoms with Crippen LogP contribution in [0.15, 0.2) is 6.20 Å². The highest BCUT2D eigenvalue weighted by molar-refractivity contribution is 5.74. The van der Waals surface area contributed by atoms with Gasteiger partial charge in [-0.1, -0.05) is 13.8 Å². The molecule has 1 rings (SSSR count). The van der Waals surface area contributed by atoms with Crippen molar-refractivity contribution in [2.45, 2.75) is 31.8 Å². The number of alkyl halides is 2. The Balaban J connectivity index is 3.27. The molecule has 1 aromatic heterocycles. The van der Waals surface area contributed by atoms with E-state index in [-0.39, 0.29) is 5.56 Å². The maximum absolute atomic E-state index is 12.7. The van der Waals surface area contributed by atoms with E-state index in [1.54, 1.807) is 0 Å². The molecule has 96 valence electrons. The zero-order chi connectivity index (χ0) is 13.4. The Kier molecular flexibility index (Phi) is 3.51. The molecule has 0 aliphatic carbocycles. The van der Waals surface area contributed by atoms with Crippen LogP contribution in [-0.2, 0) is 17.3 Å². The van der Waals surface area contributed by atoms with Gasteiger partial charge in [-0.15, -0.1) is 0 Å². The third kappa shape index (κ3) is 2.44. The minimum atomic E-state index is -2.81.